The number of nitrogens with zero attached hydrogens (tertiary/aromatic N) is 2. The molecule has 0 bridgehead atoms. The first-order chi connectivity index (χ1) is 16.3. The minimum Gasteiger partial charge on any atom is -0.392 e. The van der Waals surface area contributed by atoms with Crippen LogP contribution in [0, 0.1) is 5.92 Å². The number of ketones is 1. The van der Waals surface area contributed by atoms with E-state index in [9.17, 15) is 14.7 Å². The molecular weight excluding hydrogens is 426 g/mol. The lowest BCUT2D eigenvalue weighted by Gasteiger charge is -2.30. The predicted octanol–water partition coefficient (Wildman–Crippen LogP) is 3.35. The number of aryl methyl sites for hydroxylation is 1. The number of hydrogen-bond acceptors (Lipinski definition) is 5. The molecule has 1 unspecified atom stereocenters. The largest absolute Gasteiger partial charge is 0.392 e. The number of fused-ring (bicyclic) bond motifs is 1. The highest BCUT2D eigenvalue weighted by molar-refractivity contribution is 6.25. The van der Waals surface area contributed by atoms with Crippen LogP contribution < -0.4 is 10.6 Å². The lowest BCUT2D eigenvalue weighted by atomic mass is 9.87. The Balaban J connectivity index is 1.70. The third kappa shape index (κ3) is 4.42. The summed E-state index contributed by atoms with van der Waals surface area (Å²) >= 11 is 0. The van der Waals surface area contributed by atoms with Crippen LogP contribution in [-0.2, 0) is 16.0 Å². The number of aliphatic imine (C=N–C) groups is 1. The molecule has 0 radical (unpaired) electrons. The average Bonchev–Trinajstić information content (AvgIpc) is 2.97. The van der Waals surface area contributed by atoms with Crippen LogP contribution in [0.1, 0.15) is 30.0 Å². The summed E-state index contributed by atoms with van der Waals surface area (Å²) in [6.07, 6.45) is 0.00823. The van der Waals surface area contributed by atoms with E-state index in [-0.39, 0.29) is 0 Å². The molecule has 3 aromatic carbocycles. The molecule has 6 nitrogen and oxygen atoms in total. The molecule has 174 valence electrons. The van der Waals surface area contributed by atoms with Gasteiger partial charge in [-0.3, -0.25) is 15.3 Å². The minimum atomic E-state index is -2.16. The molecule has 0 aromatic heterocycles. The van der Waals surface area contributed by atoms with Crippen LogP contribution in [-0.4, -0.2) is 41.3 Å². The number of benzene rings is 3. The zero-order chi connectivity index (χ0) is 24.3. The van der Waals surface area contributed by atoms with Crippen LogP contribution in [0.5, 0.6) is 0 Å². The Morgan fingerprint density at radius 1 is 1.00 bits per heavy atom. The number of anilines is 1. The molecular formula is C28H29N3O3. The van der Waals surface area contributed by atoms with E-state index in [1.165, 1.54) is 4.90 Å². The Kier molecular flexibility index (Phi) is 6.72. The molecule has 3 atom stereocenters. The van der Waals surface area contributed by atoms with Crippen molar-refractivity contribution in [3.8, 4) is 0 Å². The van der Waals surface area contributed by atoms with Crippen LogP contribution in [0.25, 0.3) is 0 Å². The molecule has 1 heterocycles. The van der Waals surface area contributed by atoms with Gasteiger partial charge in [-0.25, -0.2) is 4.99 Å². The number of aliphatic hydroxyl groups is 1. The minimum absolute atomic E-state index is 0.368. The van der Waals surface area contributed by atoms with Crippen LogP contribution in [0.2, 0.25) is 0 Å². The third-order valence-corrected chi connectivity index (χ3v) is 6.42. The third-order valence-electron chi connectivity index (χ3n) is 6.42. The van der Waals surface area contributed by atoms with E-state index in [1.807, 2.05) is 78.9 Å². The van der Waals surface area contributed by atoms with Crippen LogP contribution in [0.15, 0.2) is 89.9 Å². The van der Waals surface area contributed by atoms with E-state index >= 15 is 0 Å². The Morgan fingerprint density at radius 3 is 2.26 bits per heavy atom. The maximum Gasteiger partial charge on any atom is 0.277 e. The summed E-state index contributed by atoms with van der Waals surface area (Å²) in [5, 5.41) is 10.8. The molecule has 0 spiro atoms. The molecule has 4 rings (SSSR count). The summed E-state index contributed by atoms with van der Waals surface area (Å²) in [7, 11) is 1.59. The highest BCUT2D eigenvalue weighted by atomic mass is 16.3. The van der Waals surface area contributed by atoms with Gasteiger partial charge >= 0.3 is 0 Å². The zero-order valence-electron chi connectivity index (χ0n) is 19.4. The number of rotatable bonds is 7. The number of carbonyl (C=O) groups excluding carboxylic acids is 2. The number of likely N-dealkylation sites (N-methyl/N-ethyl adjacent to an activating group) is 1. The highest BCUT2D eigenvalue weighted by Crippen LogP contribution is 2.31. The first kappa shape index (κ1) is 23.5. The molecule has 0 saturated carbocycles. The van der Waals surface area contributed by atoms with Crippen LogP contribution in [0.4, 0.5) is 5.69 Å². The molecule has 0 saturated heterocycles. The van der Waals surface area contributed by atoms with E-state index < -0.39 is 29.4 Å². The van der Waals surface area contributed by atoms with Gasteiger partial charge in [-0.15, -0.1) is 0 Å². The normalized spacial score (nSPS) is 19.6. The molecule has 6 heteroatoms. The second kappa shape index (κ2) is 9.71. The number of Topliss-reactive ketones (excluding diaryl/α,β-unsaturated/α-hetero) is 1. The van der Waals surface area contributed by atoms with Crippen molar-refractivity contribution in [2.45, 2.75) is 31.5 Å². The highest BCUT2D eigenvalue weighted by Gasteiger charge is 2.49. The van der Waals surface area contributed by atoms with Gasteiger partial charge in [0.15, 0.2) is 5.78 Å². The molecule has 1 aliphatic rings. The predicted molar refractivity (Wildman–Crippen MR) is 134 cm³/mol. The van der Waals surface area contributed by atoms with E-state index in [0.717, 1.165) is 11.1 Å². The van der Waals surface area contributed by atoms with Crippen molar-refractivity contribution in [1.29, 1.82) is 0 Å². The first-order valence-corrected chi connectivity index (χ1v) is 11.4. The van der Waals surface area contributed by atoms with Gasteiger partial charge in [-0.2, -0.15) is 0 Å². The summed E-state index contributed by atoms with van der Waals surface area (Å²) in [5.41, 5.74) is 8.00. The fourth-order valence-electron chi connectivity index (χ4n) is 4.32. The number of benzodiazepines with no additional fused rings is 1. The van der Waals surface area contributed by atoms with Crippen molar-refractivity contribution in [2.75, 3.05) is 11.9 Å². The Morgan fingerprint density at radius 2 is 1.59 bits per heavy atom. The smallest absolute Gasteiger partial charge is 0.277 e. The number of aliphatic hydroxyl groups excluding tert-OH is 1. The Bertz CT molecular complexity index is 1210. The van der Waals surface area contributed by atoms with Crippen LogP contribution >= 0.6 is 0 Å². The van der Waals surface area contributed by atoms with Crippen LogP contribution in [0.3, 0.4) is 0 Å². The number of amides is 1. The summed E-state index contributed by atoms with van der Waals surface area (Å²) < 4.78 is 0. The molecule has 0 aliphatic carbocycles. The van der Waals surface area contributed by atoms with Gasteiger partial charge < -0.3 is 10.0 Å². The molecule has 3 aromatic rings. The fraction of sp³-hybridized carbons (Fsp3) is 0.250. The molecule has 0 fully saturated rings. The van der Waals surface area contributed by atoms with E-state index in [1.54, 1.807) is 20.0 Å². The Hall–Kier alpha value is -3.61. The Labute approximate surface area is 199 Å². The number of carbonyl (C=O) groups is 2. The topological polar surface area (TPSA) is 96.0 Å². The average molecular weight is 456 g/mol. The van der Waals surface area contributed by atoms with E-state index in [0.29, 0.717) is 29.8 Å². The van der Waals surface area contributed by atoms with Gasteiger partial charge in [0.2, 0.25) is 5.66 Å². The summed E-state index contributed by atoms with van der Waals surface area (Å²) in [6.45, 7) is 1.61. The second-order valence-corrected chi connectivity index (χ2v) is 8.72. The van der Waals surface area contributed by atoms with Gasteiger partial charge in [-0.1, -0.05) is 85.8 Å². The quantitative estimate of drug-likeness (QED) is 0.534. The van der Waals surface area contributed by atoms with Crippen molar-refractivity contribution >= 4 is 23.1 Å². The first-order valence-electron chi connectivity index (χ1n) is 11.4. The number of nitrogens with two attached hydrogens (primary N) is 1. The van der Waals surface area contributed by atoms with Crippen molar-refractivity contribution in [3.63, 3.8) is 0 Å². The standard InChI is InChI=1S/C28H29N3O3/c1-19(24(32)18-17-20-11-5-3-6-12-20)26(33)28(29)27(34)31(2)23-16-10-9-15-22(23)25(30-28)21-13-7-4-8-14-21/h3-16,19,24,32H,17-18,29H2,1-2H3/t19-,24+,28?/m1/s1. The van der Waals surface area contributed by atoms with Gasteiger partial charge in [-0.05, 0) is 24.5 Å². The lowest BCUT2D eigenvalue weighted by Crippen LogP contribution is -2.61. The van der Waals surface area contributed by atoms with Gasteiger partial charge in [0.05, 0.1) is 17.5 Å². The molecule has 34 heavy (non-hydrogen) atoms. The van der Waals surface area contributed by atoms with Crippen molar-refractivity contribution in [2.24, 2.45) is 16.6 Å². The number of para-hydroxylation sites is 1. The van der Waals surface area contributed by atoms with E-state index in [4.69, 9.17) is 5.73 Å². The lowest BCUT2D eigenvalue weighted by molar-refractivity contribution is -0.138. The monoisotopic (exact) mass is 455 g/mol. The van der Waals surface area contributed by atoms with Gasteiger partial charge in [0.25, 0.3) is 5.91 Å². The fourth-order valence-corrected chi connectivity index (χ4v) is 4.32. The maximum atomic E-state index is 13.7. The summed E-state index contributed by atoms with van der Waals surface area (Å²) in [4.78, 5) is 33.2. The molecule has 3 N–H and O–H groups in total. The zero-order valence-corrected chi connectivity index (χ0v) is 19.4. The SMILES string of the molecule is C[C@@H](C(=O)C1(N)N=C(c2ccccc2)c2ccccc2N(C)C1=O)[C@@H](O)CCc1ccccc1. The number of hydrogen-bond donors (Lipinski definition) is 2. The summed E-state index contributed by atoms with van der Waals surface area (Å²) in [6, 6.07) is 26.5. The van der Waals surface area contributed by atoms with Crippen molar-refractivity contribution < 1.29 is 14.7 Å². The van der Waals surface area contributed by atoms with Gasteiger partial charge in [0, 0.05) is 24.1 Å². The summed E-state index contributed by atoms with van der Waals surface area (Å²) in [5.74, 6) is -2.11. The van der Waals surface area contributed by atoms with Crippen molar-refractivity contribution in [1.82, 2.24) is 0 Å². The molecule has 1 aliphatic heterocycles. The van der Waals surface area contributed by atoms with Crippen molar-refractivity contribution in [3.05, 3.63) is 102 Å². The van der Waals surface area contributed by atoms with Gasteiger partial charge in [0.1, 0.15) is 0 Å². The second-order valence-electron chi connectivity index (χ2n) is 8.72. The van der Waals surface area contributed by atoms with E-state index in [2.05, 4.69) is 4.99 Å². The molecule has 1 amide bonds. The maximum absolute atomic E-state index is 13.7.